The molecule has 0 saturated heterocycles. The molecule has 124 valence electrons. The number of hydrogen-bond acceptors (Lipinski definition) is 3. The predicted octanol–water partition coefficient (Wildman–Crippen LogP) is 3.58. The summed E-state index contributed by atoms with van der Waals surface area (Å²) in [6, 6.07) is 16.6. The Morgan fingerprint density at radius 3 is 2.58 bits per heavy atom. The summed E-state index contributed by atoms with van der Waals surface area (Å²) in [7, 11) is 2.14. The molecule has 1 unspecified atom stereocenters. The third-order valence-electron chi connectivity index (χ3n) is 4.21. The van der Waals surface area contributed by atoms with Gasteiger partial charge < -0.3 is 9.32 Å². The number of benzene rings is 2. The molecule has 0 fully saturated rings. The van der Waals surface area contributed by atoms with E-state index in [2.05, 4.69) is 83.4 Å². The van der Waals surface area contributed by atoms with Gasteiger partial charge in [0.2, 0.25) is 5.89 Å². The summed E-state index contributed by atoms with van der Waals surface area (Å²) in [6.45, 7) is 5.07. The van der Waals surface area contributed by atoms with Crippen LogP contribution in [-0.2, 0) is 6.54 Å². The third kappa shape index (κ3) is 3.91. The van der Waals surface area contributed by atoms with Gasteiger partial charge in [-0.15, -0.1) is 10.2 Å². The zero-order valence-corrected chi connectivity index (χ0v) is 15.7. The number of aryl methyl sites for hydroxylation is 1. The van der Waals surface area contributed by atoms with E-state index >= 15 is 0 Å². The molecule has 2 aromatic carbocycles. The molecule has 1 N–H and O–H groups in total. The van der Waals surface area contributed by atoms with Gasteiger partial charge in [-0.05, 0) is 38.1 Å². The smallest absolute Gasteiger partial charge is 0.274 e. The van der Waals surface area contributed by atoms with Gasteiger partial charge in [-0.1, -0.05) is 45.8 Å². The topological polar surface area (TPSA) is 43.4 Å². The molecule has 0 bridgehead atoms. The zero-order valence-electron chi connectivity index (χ0n) is 14.1. The molecule has 0 radical (unpaired) electrons. The average Bonchev–Trinajstić information content (AvgIpc) is 3.06. The second-order valence-electron chi connectivity index (χ2n) is 6.19. The Kier molecular flexibility index (Phi) is 5.11. The van der Waals surface area contributed by atoms with Crippen LogP contribution in [0.1, 0.15) is 30.0 Å². The molecule has 2 atom stereocenters. The van der Waals surface area contributed by atoms with E-state index in [4.69, 9.17) is 4.42 Å². The van der Waals surface area contributed by atoms with Gasteiger partial charge in [-0.3, -0.25) is 0 Å². The fourth-order valence-electron chi connectivity index (χ4n) is 2.59. The normalized spacial score (nSPS) is 13.7. The molecule has 5 heteroatoms. The van der Waals surface area contributed by atoms with Crippen molar-refractivity contribution in [2.75, 3.05) is 7.05 Å². The standard InChI is InChI=1S/C19H20BrN3O/c1-13-5-4-6-16(11-13)19-22-21-18(24-19)14(2)23(3)12-15-7-9-17(20)10-8-15/h4-11,14H,12H2,1-3H3/p+1/t14-/m1/s1. The fraction of sp³-hybridized carbons (Fsp3) is 0.263. The van der Waals surface area contributed by atoms with E-state index in [1.807, 2.05) is 12.1 Å². The predicted molar refractivity (Wildman–Crippen MR) is 97.6 cm³/mol. The van der Waals surface area contributed by atoms with E-state index in [-0.39, 0.29) is 6.04 Å². The van der Waals surface area contributed by atoms with Crippen LogP contribution < -0.4 is 4.90 Å². The monoisotopic (exact) mass is 386 g/mol. The highest BCUT2D eigenvalue weighted by molar-refractivity contribution is 9.10. The minimum atomic E-state index is 0.125. The number of hydrogen-bond donors (Lipinski definition) is 1. The van der Waals surface area contributed by atoms with Crippen molar-refractivity contribution >= 4 is 15.9 Å². The molecule has 3 aromatic rings. The maximum Gasteiger partial charge on any atom is 0.274 e. The maximum atomic E-state index is 5.91. The van der Waals surface area contributed by atoms with E-state index in [0.717, 1.165) is 16.6 Å². The first-order valence-electron chi connectivity index (χ1n) is 8.00. The van der Waals surface area contributed by atoms with Crippen LogP contribution in [0.3, 0.4) is 0 Å². The Bertz CT molecular complexity index is 813. The lowest BCUT2D eigenvalue weighted by Crippen LogP contribution is -3.07. The summed E-state index contributed by atoms with van der Waals surface area (Å²) in [4.78, 5) is 1.30. The number of rotatable bonds is 5. The molecule has 24 heavy (non-hydrogen) atoms. The summed E-state index contributed by atoms with van der Waals surface area (Å²) in [6.07, 6.45) is 0. The Labute approximate surface area is 150 Å². The van der Waals surface area contributed by atoms with Gasteiger partial charge in [0, 0.05) is 15.6 Å². The third-order valence-corrected chi connectivity index (χ3v) is 4.74. The molecule has 0 aliphatic rings. The molecular weight excluding hydrogens is 366 g/mol. The van der Waals surface area contributed by atoms with E-state index in [1.54, 1.807) is 0 Å². The van der Waals surface area contributed by atoms with Crippen LogP contribution >= 0.6 is 15.9 Å². The number of aromatic nitrogens is 2. The van der Waals surface area contributed by atoms with E-state index in [1.165, 1.54) is 16.0 Å². The van der Waals surface area contributed by atoms with Gasteiger partial charge in [0.25, 0.3) is 5.89 Å². The van der Waals surface area contributed by atoms with E-state index in [0.29, 0.717) is 11.8 Å². The van der Waals surface area contributed by atoms with Crippen LogP contribution in [0.25, 0.3) is 11.5 Å². The Morgan fingerprint density at radius 1 is 1.12 bits per heavy atom. The molecule has 0 spiro atoms. The van der Waals surface area contributed by atoms with Crippen LogP contribution in [0.2, 0.25) is 0 Å². The van der Waals surface area contributed by atoms with Crippen LogP contribution in [0.4, 0.5) is 0 Å². The minimum Gasteiger partial charge on any atom is -0.415 e. The summed E-state index contributed by atoms with van der Waals surface area (Å²) in [5, 5.41) is 8.47. The van der Waals surface area contributed by atoms with Crippen molar-refractivity contribution in [2.45, 2.75) is 26.4 Å². The Balaban J connectivity index is 1.73. The number of nitrogens with one attached hydrogen (secondary N) is 1. The molecule has 3 rings (SSSR count). The Morgan fingerprint density at radius 2 is 1.88 bits per heavy atom. The van der Waals surface area contributed by atoms with E-state index < -0.39 is 0 Å². The van der Waals surface area contributed by atoms with Crippen molar-refractivity contribution in [2.24, 2.45) is 0 Å². The van der Waals surface area contributed by atoms with Gasteiger partial charge in [0.05, 0.1) is 7.05 Å². The molecule has 0 aliphatic carbocycles. The highest BCUT2D eigenvalue weighted by Crippen LogP contribution is 2.20. The fourth-order valence-corrected chi connectivity index (χ4v) is 2.86. The van der Waals surface area contributed by atoms with Gasteiger partial charge >= 0.3 is 0 Å². The minimum absolute atomic E-state index is 0.125. The van der Waals surface area contributed by atoms with Crippen molar-refractivity contribution in [3.63, 3.8) is 0 Å². The second-order valence-corrected chi connectivity index (χ2v) is 7.10. The summed E-state index contributed by atoms with van der Waals surface area (Å²) in [5.74, 6) is 1.25. The number of halogens is 1. The lowest BCUT2D eigenvalue weighted by molar-refractivity contribution is -0.925. The Hall–Kier alpha value is -1.98. The largest absolute Gasteiger partial charge is 0.415 e. The van der Waals surface area contributed by atoms with Crippen molar-refractivity contribution in [1.82, 2.24) is 10.2 Å². The highest BCUT2D eigenvalue weighted by atomic mass is 79.9. The summed E-state index contributed by atoms with van der Waals surface area (Å²) >= 11 is 3.47. The summed E-state index contributed by atoms with van der Waals surface area (Å²) in [5.41, 5.74) is 3.42. The van der Waals surface area contributed by atoms with Gasteiger partial charge in [-0.2, -0.15) is 0 Å². The van der Waals surface area contributed by atoms with Crippen molar-refractivity contribution < 1.29 is 9.32 Å². The molecule has 0 amide bonds. The molecule has 1 heterocycles. The SMILES string of the molecule is Cc1cccc(-c2nnc([C@@H](C)[NH+](C)Cc3ccc(Br)cc3)o2)c1. The number of quaternary nitrogens is 1. The lowest BCUT2D eigenvalue weighted by Gasteiger charge is -2.18. The van der Waals surface area contributed by atoms with Crippen LogP contribution in [-0.4, -0.2) is 17.2 Å². The molecule has 4 nitrogen and oxygen atoms in total. The molecular formula is C19H21BrN3O+. The van der Waals surface area contributed by atoms with Gasteiger partial charge in [0.15, 0.2) is 6.04 Å². The first-order valence-corrected chi connectivity index (χ1v) is 8.79. The number of nitrogens with zero attached hydrogens (tertiary/aromatic N) is 2. The first-order chi connectivity index (χ1) is 11.5. The van der Waals surface area contributed by atoms with Crippen molar-refractivity contribution in [1.29, 1.82) is 0 Å². The quantitative estimate of drug-likeness (QED) is 0.728. The first kappa shape index (κ1) is 16.9. The van der Waals surface area contributed by atoms with Crippen LogP contribution in [0.15, 0.2) is 57.4 Å². The zero-order chi connectivity index (χ0) is 17.1. The van der Waals surface area contributed by atoms with Crippen molar-refractivity contribution in [3.8, 4) is 11.5 Å². The molecule has 1 aromatic heterocycles. The van der Waals surface area contributed by atoms with Gasteiger partial charge in [-0.25, -0.2) is 0 Å². The van der Waals surface area contributed by atoms with Gasteiger partial charge in [0.1, 0.15) is 6.54 Å². The molecule has 0 aliphatic heterocycles. The molecule has 0 saturated carbocycles. The van der Waals surface area contributed by atoms with E-state index in [9.17, 15) is 0 Å². The summed E-state index contributed by atoms with van der Waals surface area (Å²) < 4.78 is 7.01. The average molecular weight is 387 g/mol. The highest BCUT2D eigenvalue weighted by Gasteiger charge is 2.22. The van der Waals surface area contributed by atoms with Crippen LogP contribution in [0.5, 0.6) is 0 Å². The van der Waals surface area contributed by atoms with Crippen LogP contribution in [0, 0.1) is 6.92 Å². The second kappa shape index (κ2) is 7.28. The maximum absolute atomic E-state index is 5.91. The van der Waals surface area contributed by atoms with Crippen molar-refractivity contribution in [3.05, 3.63) is 70.0 Å². The lowest BCUT2D eigenvalue weighted by atomic mass is 10.1.